The molecule has 0 bridgehead atoms. The molecule has 1 fully saturated rings. The van der Waals surface area contributed by atoms with E-state index in [1.807, 2.05) is 30.3 Å². The number of hydrogen-bond acceptors (Lipinski definition) is 8. The lowest BCUT2D eigenvalue weighted by molar-refractivity contribution is 0.251. The summed E-state index contributed by atoms with van der Waals surface area (Å²) < 4.78 is 40.8. The van der Waals surface area contributed by atoms with Gasteiger partial charge in [0.25, 0.3) is 10.0 Å². The van der Waals surface area contributed by atoms with Gasteiger partial charge in [0.1, 0.15) is 11.5 Å². The standard InChI is InChI=1S/C35H36N6O5S/c1-37-14-16-39(17-15-37)26-12-10-24(11-13-26)32-21-31-33-25(22-36-34(31)41(32)47(43,44)30-8-6-5-7-9-30)23-40(35(42)38(33)2)27-18-28(45-3)20-29(19-27)46-4/h5-13,18-22H,14-17,23H2,1-4H3. The molecule has 11 nitrogen and oxygen atoms in total. The second kappa shape index (κ2) is 11.9. The predicted octanol–water partition coefficient (Wildman–Crippen LogP) is 5.29. The number of aromatic nitrogens is 2. The summed E-state index contributed by atoms with van der Waals surface area (Å²) in [6.07, 6.45) is 1.66. The third-order valence-electron chi connectivity index (χ3n) is 8.98. The third-order valence-corrected chi connectivity index (χ3v) is 10.7. The molecule has 0 spiro atoms. The van der Waals surface area contributed by atoms with Crippen molar-refractivity contribution in [3.8, 4) is 22.8 Å². The Hall–Kier alpha value is -5.07. The number of piperazine rings is 1. The number of ether oxygens (including phenoxy) is 2. The van der Waals surface area contributed by atoms with Crippen molar-refractivity contribution in [1.82, 2.24) is 13.9 Å². The minimum atomic E-state index is -4.07. The first-order valence-electron chi connectivity index (χ1n) is 15.4. The molecule has 0 radical (unpaired) electrons. The molecule has 47 heavy (non-hydrogen) atoms. The Morgan fingerprint density at radius 2 is 1.45 bits per heavy atom. The fraction of sp³-hybridized carbons (Fsp3) is 0.257. The van der Waals surface area contributed by atoms with Gasteiger partial charge in [-0.2, -0.15) is 0 Å². The zero-order chi connectivity index (χ0) is 32.9. The molecule has 0 aliphatic carbocycles. The molecule has 7 rings (SSSR count). The number of benzene rings is 3. The van der Waals surface area contributed by atoms with Crippen LogP contribution < -0.4 is 24.2 Å². The molecule has 0 atom stereocenters. The van der Waals surface area contributed by atoms with E-state index in [1.165, 1.54) is 3.97 Å². The summed E-state index contributed by atoms with van der Waals surface area (Å²) in [6, 6.07) is 23.2. The highest BCUT2D eigenvalue weighted by Crippen LogP contribution is 2.41. The van der Waals surface area contributed by atoms with E-state index in [2.05, 4.69) is 16.8 Å². The smallest absolute Gasteiger partial charge is 0.329 e. The number of hydrogen-bond donors (Lipinski definition) is 0. The second-order valence-corrected chi connectivity index (χ2v) is 13.6. The molecule has 5 aromatic rings. The van der Waals surface area contributed by atoms with Crippen LogP contribution in [0.15, 0.2) is 90.0 Å². The van der Waals surface area contributed by atoms with E-state index in [-0.39, 0.29) is 23.1 Å². The van der Waals surface area contributed by atoms with E-state index in [9.17, 15) is 13.2 Å². The molecular formula is C35H36N6O5S. The summed E-state index contributed by atoms with van der Waals surface area (Å²) in [6.45, 7) is 4.04. The fourth-order valence-corrected chi connectivity index (χ4v) is 7.88. The van der Waals surface area contributed by atoms with Crippen molar-refractivity contribution in [2.45, 2.75) is 11.4 Å². The van der Waals surface area contributed by atoms with Gasteiger partial charge in [0.15, 0.2) is 5.65 Å². The van der Waals surface area contributed by atoms with Crippen LogP contribution in [0.3, 0.4) is 0 Å². The van der Waals surface area contributed by atoms with Crippen LogP contribution in [-0.2, 0) is 16.6 Å². The van der Waals surface area contributed by atoms with Gasteiger partial charge in [-0.05, 0) is 42.9 Å². The Morgan fingerprint density at radius 1 is 0.787 bits per heavy atom. The van der Waals surface area contributed by atoms with Crippen LogP contribution in [0.4, 0.5) is 21.9 Å². The maximum Gasteiger partial charge on any atom is 0.329 e. The lowest BCUT2D eigenvalue weighted by Crippen LogP contribution is -2.45. The van der Waals surface area contributed by atoms with Crippen LogP contribution in [0.25, 0.3) is 22.3 Å². The SMILES string of the molecule is COc1cc(OC)cc(N2Cc3cnc4c(cc(-c5ccc(N6CCN(C)CC6)cc5)n4S(=O)(=O)c4ccccc4)c3N(C)C2=O)c1. The van der Waals surface area contributed by atoms with Gasteiger partial charge < -0.3 is 19.3 Å². The van der Waals surface area contributed by atoms with Gasteiger partial charge in [-0.25, -0.2) is 22.2 Å². The maximum absolute atomic E-state index is 14.3. The molecule has 0 unspecified atom stereocenters. The number of carbonyl (C=O) groups is 1. The Kier molecular flexibility index (Phi) is 7.77. The zero-order valence-electron chi connectivity index (χ0n) is 26.8. The number of methoxy groups -OCH3 is 2. The first-order valence-corrected chi connectivity index (χ1v) is 16.8. The lowest BCUT2D eigenvalue weighted by Gasteiger charge is -2.35. The molecule has 2 amide bonds. The van der Waals surface area contributed by atoms with Gasteiger partial charge in [-0.1, -0.05) is 30.3 Å². The Labute approximate surface area is 274 Å². The van der Waals surface area contributed by atoms with Crippen LogP contribution >= 0.6 is 0 Å². The van der Waals surface area contributed by atoms with E-state index < -0.39 is 10.0 Å². The van der Waals surface area contributed by atoms with Crippen molar-refractivity contribution >= 4 is 44.1 Å². The average molecular weight is 653 g/mol. The number of amides is 2. The fourth-order valence-electron chi connectivity index (χ4n) is 6.38. The van der Waals surface area contributed by atoms with E-state index in [1.54, 1.807) is 85.8 Å². The first kappa shape index (κ1) is 30.6. The lowest BCUT2D eigenvalue weighted by atomic mass is 10.1. The number of anilines is 3. The highest BCUT2D eigenvalue weighted by molar-refractivity contribution is 7.90. The number of pyridine rings is 1. The van der Waals surface area contributed by atoms with Crippen molar-refractivity contribution in [1.29, 1.82) is 0 Å². The van der Waals surface area contributed by atoms with Gasteiger partial charge in [0.05, 0.1) is 42.7 Å². The van der Waals surface area contributed by atoms with Gasteiger partial charge in [-0.3, -0.25) is 9.80 Å². The van der Waals surface area contributed by atoms with E-state index in [0.29, 0.717) is 34.0 Å². The molecule has 0 saturated carbocycles. The number of urea groups is 1. The number of rotatable bonds is 7. The highest BCUT2D eigenvalue weighted by Gasteiger charge is 2.34. The summed E-state index contributed by atoms with van der Waals surface area (Å²) >= 11 is 0. The van der Waals surface area contributed by atoms with Gasteiger partial charge in [0, 0.05) is 74.3 Å². The number of likely N-dealkylation sites (N-methyl/N-ethyl adjacent to an activating group) is 1. The quantitative estimate of drug-likeness (QED) is 0.234. The molecule has 0 N–H and O–H groups in total. The average Bonchev–Trinajstić information content (AvgIpc) is 3.51. The van der Waals surface area contributed by atoms with Crippen molar-refractivity contribution in [2.24, 2.45) is 0 Å². The van der Waals surface area contributed by atoms with Gasteiger partial charge in [-0.15, -0.1) is 0 Å². The van der Waals surface area contributed by atoms with Gasteiger partial charge in [0.2, 0.25) is 0 Å². The molecule has 2 aromatic heterocycles. The Morgan fingerprint density at radius 3 is 2.09 bits per heavy atom. The van der Waals surface area contributed by atoms with Crippen molar-refractivity contribution in [3.63, 3.8) is 0 Å². The summed E-state index contributed by atoms with van der Waals surface area (Å²) in [4.78, 5) is 26.6. The zero-order valence-corrected chi connectivity index (χ0v) is 27.6. The van der Waals surface area contributed by atoms with Crippen LogP contribution in [0.1, 0.15) is 5.56 Å². The normalized spacial score (nSPS) is 15.7. The van der Waals surface area contributed by atoms with Crippen molar-refractivity contribution in [2.75, 3.05) is 69.2 Å². The topological polar surface area (TPSA) is 100 Å². The van der Waals surface area contributed by atoms with Crippen LogP contribution in [0, 0.1) is 0 Å². The van der Waals surface area contributed by atoms with Crippen molar-refractivity contribution < 1.29 is 22.7 Å². The summed E-state index contributed by atoms with van der Waals surface area (Å²) in [7, 11) is 2.87. The first-order chi connectivity index (χ1) is 22.7. The summed E-state index contributed by atoms with van der Waals surface area (Å²) in [5.41, 5.74) is 4.53. The Bertz CT molecular complexity index is 2050. The monoisotopic (exact) mass is 652 g/mol. The molecule has 2 aliphatic heterocycles. The highest BCUT2D eigenvalue weighted by atomic mass is 32.2. The molecular weight excluding hydrogens is 616 g/mol. The largest absolute Gasteiger partial charge is 0.497 e. The van der Waals surface area contributed by atoms with Crippen LogP contribution in [0.2, 0.25) is 0 Å². The predicted molar refractivity (Wildman–Crippen MR) is 183 cm³/mol. The minimum Gasteiger partial charge on any atom is -0.497 e. The number of nitrogens with zero attached hydrogens (tertiary/aromatic N) is 6. The second-order valence-electron chi connectivity index (χ2n) is 11.8. The van der Waals surface area contributed by atoms with E-state index in [0.717, 1.165) is 43.0 Å². The number of fused-ring (bicyclic) bond motifs is 3. The molecule has 2 aliphatic rings. The Balaban J connectivity index is 1.37. The molecule has 4 heterocycles. The van der Waals surface area contributed by atoms with E-state index in [4.69, 9.17) is 14.5 Å². The van der Waals surface area contributed by atoms with Gasteiger partial charge >= 0.3 is 6.03 Å². The third kappa shape index (κ3) is 5.33. The van der Waals surface area contributed by atoms with Crippen molar-refractivity contribution in [3.05, 3.63) is 90.6 Å². The number of carbonyl (C=O) groups excluding carboxylic acids is 1. The molecule has 3 aromatic carbocycles. The maximum atomic E-state index is 14.3. The summed E-state index contributed by atoms with van der Waals surface area (Å²) in [5.74, 6) is 1.11. The van der Waals surface area contributed by atoms with Crippen LogP contribution in [-0.4, -0.2) is 82.8 Å². The summed E-state index contributed by atoms with van der Waals surface area (Å²) in [5, 5.41) is 0.568. The van der Waals surface area contributed by atoms with E-state index >= 15 is 0 Å². The molecule has 242 valence electrons. The minimum absolute atomic E-state index is 0.148. The molecule has 1 saturated heterocycles. The molecule has 12 heteroatoms. The van der Waals surface area contributed by atoms with Crippen LogP contribution in [0.5, 0.6) is 11.5 Å².